The first-order valence-electron chi connectivity index (χ1n) is 8.29. The second kappa shape index (κ2) is 5.41. The van der Waals surface area contributed by atoms with E-state index in [1.165, 1.54) is 10.8 Å². The molecule has 0 radical (unpaired) electrons. The van der Waals surface area contributed by atoms with Gasteiger partial charge in [-0.15, -0.1) is 0 Å². The van der Waals surface area contributed by atoms with Gasteiger partial charge in [0.2, 0.25) is 0 Å². The van der Waals surface area contributed by atoms with Crippen LogP contribution < -0.4 is 0 Å². The third-order valence-corrected chi connectivity index (χ3v) is 4.34. The summed E-state index contributed by atoms with van der Waals surface area (Å²) in [6.07, 6.45) is 0. The third-order valence-electron chi connectivity index (χ3n) is 4.34. The molecule has 2 heteroatoms. The van der Waals surface area contributed by atoms with Crippen molar-refractivity contribution in [1.29, 1.82) is 0 Å². The molecule has 2 nitrogen and oxygen atoms in total. The number of hydrogen-bond donors (Lipinski definition) is 0. The fourth-order valence-electron chi connectivity index (χ4n) is 3.19. The lowest BCUT2D eigenvalue weighted by molar-refractivity contribution is 0.575. The monoisotopic (exact) mass is 312 g/mol. The van der Waals surface area contributed by atoms with Gasteiger partial charge in [-0.1, -0.05) is 81.4 Å². The molecule has 1 aromatic heterocycles. The maximum Gasteiger partial charge on any atom is 0.160 e. The molecular weight excluding hydrogens is 292 g/mol. The Morgan fingerprint density at radius 1 is 0.667 bits per heavy atom. The van der Waals surface area contributed by atoms with E-state index in [0.717, 1.165) is 28.0 Å². The Kier molecular flexibility index (Phi) is 3.34. The predicted octanol–water partition coefficient (Wildman–Crippen LogP) is 5.75. The highest BCUT2D eigenvalue weighted by atomic mass is 14.9. The highest BCUT2D eigenvalue weighted by Crippen LogP contribution is 2.32. The molecule has 0 atom stereocenters. The molecule has 0 bridgehead atoms. The maximum atomic E-state index is 4.98. The van der Waals surface area contributed by atoms with E-state index in [0.29, 0.717) is 0 Å². The quantitative estimate of drug-likeness (QED) is 0.447. The summed E-state index contributed by atoms with van der Waals surface area (Å²) in [7, 11) is 0. The first-order valence-corrected chi connectivity index (χ1v) is 8.29. The van der Waals surface area contributed by atoms with Crippen molar-refractivity contribution in [2.45, 2.75) is 26.2 Å². The lowest BCUT2D eigenvalue weighted by atomic mass is 9.89. The number of rotatable bonds is 1. The number of para-hydroxylation sites is 1. The minimum absolute atomic E-state index is 0.0398. The van der Waals surface area contributed by atoms with Crippen LogP contribution in [0, 0.1) is 0 Å². The van der Waals surface area contributed by atoms with Crippen molar-refractivity contribution in [3.05, 3.63) is 72.4 Å². The standard InChI is InChI=1S/C22H20N2/c1-22(2,3)20-18-12-6-7-14-19(18)23-21(24-20)17-13-8-10-15-9-4-5-11-16(15)17/h4-14H,1-3H3. The SMILES string of the molecule is CC(C)(C)c1nc(-c2cccc3ccccc23)nc2ccccc12. The Morgan fingerprint density at radius 2 is 1.33 bits per heavy atom. The Balaban J connectivity index is 2.07. The van der Waals surface area contributed by atoms with Gasteiger partial charge in [0.15, 0.2) is 5.82 Å². The van der Waals surface area contributed by atoms with Crippen LogP contribution in [0.5, 0.6) is 0 Å². The van der Waals surface area contributed by atoms with Gasteiger partial charge in [0, 0.05) is 16.4 Å². The molecule has 0 N–H and O–H groups in total. The third kappa shape index (κ3) is 2.44. The minimum Gasteiger partial charge on any atom is -0.232 e. The molecule has 0 fully saturated rings. The van der Waals surface area contributed by atoms with Crippen LogP contribution in [0.4, 0.5) is 0 Å². The van der Waals surface area contributed by atoms with E-state index in [4.69, 9.17) is 9.97 Å². The van der Waals surface area contributed by atoms with E-state index in [9.17, 15) is 0 Å². The van der Waals surface area contributed by atoms with Crippen LogP contribution in [0.1, 0.15) is 26.5 Å². The molecule has 0 saturated heterocycles. The number of nitrogens with zero attached hydrogens (tertiary/aromatic N) is 2. The molecule has 0 amide bonds. The van der Waals surface area contributed by atoms with E-state index in [1.54, 1.807) is 0 Å². The number of hydrogen-bond acceptors (Lipinski definition) is 2. The minimum atomic E-state index is -0.0398. The molecule has 0 aliphatic carbocycles. The van der Waals surface area contributed by atoms with Gasteiger partial charge >= 0.3 is 0 Å². The molecule has 3 aromatic carbocycles. The normalized spacial score (nSPS) is 12.0. The van der Waals surface area contributed by atoms with Gasteiger partial charge in [0.05, 0.1) is 11.2 Å². The summed E-state index contributed by atoms with van der Waals surface area (Å²) in [4.78, 5) is 9.84. The molecule has 0 saturated carbocycles. The highest BCUT2D eigenvalue weighted by molar-refractivity contribution is 5.96. The van der Waals surface area contributed by atoms with Gasteiger partial charge < -0.3 is 0 Å². The van der Waals surface area contributed by atoms with Crippen LogP contribution in [-0.4, -0.2) is 9.97 Å². The Labute approximate surface area is 142 Å². The van der Waals surface area contributed by atoms with Gasteiger partial charge in [-0.25, -0.2) is 9.97 Å². The molecule has 0 spiro atoms. The first kappa shape index (κ1) is 14.8. The van der Waals surface area contributed by atoms with E-state index < -0.39 is 0 Å². The van der Waals surface area contributed by atoms with Crippen molar-refractivity contribution >= 4 is 21.7 Å². The number of fused-ring (bicyclic) bond motifs is 2. The average Bonchev–Trinajstić information content (AvgIpc) is 2.59. The van der Waals surface area contributed by atoms with Gasteiger partial charge in [-0.2, -0.15) is 0 Å². The van der Waals surface area contributed by atoms with Gasteiger partial charge in [0.1, 0.15) is 0 Å². The molecule has 24 heavy (non-hydrogen) atoms. The predicted molar refractivity (Wildman–Crippen MR) is 101 cm³/mol. The smallest absolute Gasteiger partial charge is 0.160 e. The lowest BCUT2D eigenvalue weighted by Crippen LogP contribution is -2.15. The molecular formula is C22H20N2. The largest absolute Gasteiger partial charge is 0.232 e. The summed E-state index contributed by atoms with van der Waals surface area (Å²) in [6.45, 7) is 6.61. The summed E-state index contributed by atoms with van der Waals surface area (Å²) < 4.78 is 0. The van der Waals surface area contributed by atoms with Crippen LogP contribution in [0.3, 0.4) is 0 Å². The Morgan fingerprint density at radius 3 is 2.12 bits per heavy atom. The zero-order valence-corrected chi connectivity index (χ0v) is 14.2. The maximum absolute atomic E-state index is 4.98. The zero-order valence-electron chi connectivity index (χ0n) is 14.2. The molecule has 4 rings (SSSR count). The zero-order chi connectivity index (χ0) is 16.7. The van der Waals surface area contributed by atoms with Crippen LogP contribution in [0.2, 0.25) is 0 Å². The van der Waals surface area contributed by atoms with Crippen LogP contribution in [-0.2, 0) is 5.41 Å². The van der Waals surface area contributed by atoms with E-state index in [-0.39, 0.29) is 5.41 Å². The van der Waals surface area contributed by atoms with Crippen molar-refractivity contribution in [3.63, 3.8) is 0 Å². The summed E-state index contributed by atoms with van der Waals surface area (Å²) in [5.41, 5.74) is 3.14. The Bertz CT molecular complexity index is 1040. The van der Waals surface area contributed by atoms with Gasteiger partial charge in [-0.05, 0) is 16.8 Å². The molecule has 1 heterocycles. The van der Waals surface area contributed by atoms with Crippen molar-refractivity contribution < 1.29 is 0 Å². The lowest BCUT2D eigenvalue weighted by Gasteiger charge is -2.21. The summed E-state index contributed by atoms with van der Waals surface area (Å²) in [5, 5.41) is 3.54. The van der Waals surface area contributed by atoms with Gasteiger partial charge in [0.25, 0.3) is 0 Å². The second-order valence-corrected chi connectivity index (χ2v) is 7.19. The topological polar surface area (TPSA) is 25.8 Å². The summed E-state index contributed by atoms with van der Waals surface area (Å²) in [5.74, 6) is 0.801. The van der Waals surface area contributed by atoms with Crippen molar-refractivity contribution in [2.24, 2.45) is 0 Å². The van der Waals surface area contributed by atoms with E-state index in [2.05, 4.69) is 81.4 Å². The Hall–Kier alpha value is -2.74. The highest BCUT2D eigenvalue weighted by Gasteiger charge is 2.21. The average molecular weight is 312 g/mol. The van der Waals surface area contributed by atoms with Gasteiger partial charge in [-0.3, -0.25) is 0 Å². The first-order chi connectivity index (χ1) is 11.5. The van der Waals surface area contributed by atoms with Crippen LogP contribution >= 0.6 is 0 Å². The molecule has 118 valence electrons. The van der Waals surface area contributed by atoms with E-state index >= 15 is 0 Å². The van der Waals surface area contributed by atoms with Crippen LogP contribution in [0.25, 0.3) is 33.1 Å². The second-order valence-electron chi connectivity index (χ2n) is 7.19. The summed E-state index contributed by atoms with van der Waals surface area (Å²) >= 11 is 0. The fraction of sp³-hybridized carbons (Fsp3) is 0.182. The van der Waals surface area contributed by atoms with E-state index in [1.807, 2.05) is 6.07 Å². The van der Waals surface area contributed by atoms with Crippen molar-refractivity contribution in [3.8, 4) is 11.4 Å². The van der Waals surface area contributed by atoms with Crippen LogP contribution in [0.15, 0.2) is 66.7 Å². The van der Waals surface area contributed by atoms with Crippen molar-refractivity contribution in [1.82, 2.24) is 9.97 Å². The fourth-order valence-corrected chi connectivity index (χ4v) is 3.19. The molecule has 4 aromatic rings. The molecule has 0 aliphatic heterocycles. The number of aromatic nitrogens is 2. The molecule has 0 aliphatic rings. The summed E-state index contributed by atoms with van der Waals surface area (Å²) in [6, 6.07) is 23.0. The molecule has 0 unspecified atom stereocenters. The van der Waals surface area contributed by atoms with Crippen molar-refractivity contribution in [2.75, 3.05) is 0 Å². The number of benzene rings is 3.